The molecule has 1 aromatic rings. The molecule has 4 nitrogen and oxygen atoms in total. The van der Waals surface area contributed by atoms with Crippen molar-refractivity contribution in [3.05, 3.63) is 28.8 Å². The van der Waals surface area contributed by atoms with Crippen molar-refractivity contribution in [3.63, 3.8) is 0 Å². The first kappa shape index (κ1) is 13.1. The first-order valence-corrected chi connectivity index (χ1v) is 6.21. The summed E-state index contributed by atoms with van der Waals surface area (Å²) in [5, 5.41) is 19.8. The second-order valence-corrected chi connectivity index (χ2v) is 5.33. The third-order valence-corrected chi connectivity index (χ3v) is 3.91. The molecule has 1 spiro atoms. The number of β-amino-alcohol motifs (C(OH)–C–C–N with tert-alkyl or cyclic N) is 2. The Hall–Kier alpha value is -0.950. The molecule has 2 aliphatic rings. The van der Waals surface area contributed by atoms with Crippen LogP contribution < -0.4 is 4.90 Å². The Morgan fingerprint density at radius 3 is 2.11 bits per heavy atom. The summed E-state index contributed by atoms with van der Waals surface area (Å²) in [6, 6.07) is 1.99. The molecule has 0 radical (unpaired) electrons. The molecule has 0 amide bonds. The van der Waals surface area contributed by atoms with Crippen molar-refractivity contribution in [2.75, 3.05) is 24.6 Å². The average molecular weight is 292 g/mol. The molecular formula is C12H12ClF2NO3. The number of anilines is 1. The predicted molar refractivity (Wildman–Crippen MR) is 64.3 cm³/mol. The average Bonchev–Trinajstić information content (AvgIpc) is 3.06. The molecule has 0 aromatic heterocycles. The topological polar surface area (TPSA) is 56.2 Å². The maximum atomic E-state index is 13.8. The molecule has 2 aliphatic heterocycles. The monoisotopic (exact) mass is 291 g/mol. The Bertz CT molecular complexity index is 487. The number of benzene rings is 1. The summed E-state index contributed by atoms with van der Waals surface area (Å²) in [6.07, 6.45) is -1.99. The summed E-state index contributed by atoms with van der Waals surface area (Å²) in [4.78, 5) is 1.27. The second kappa shape index (κ2) is 4.28. The second-order valence-electron chi connectivity index (χ2n) is 4.90. The van der Waals surface area contributed by atoms with Gasteiger partial charge in [0.05, 0.1) is 6.61 Å². The normalized spacial score (nSPS) is 28.8. The van der Waals surface area contributed by atoms with Crippen molar-refractivity contribution in [3.8, 4) is 0 Å². The zero-order chi connectivity index (χ0) is 13.8. The molecule has 2 saturated heterocycles. The zero-order valence-electron chi connectivity index (χ0n) is 9.81. The fourth-order valence-electron chi connectivity index (χ4n) is 2.51. The first-order valence-electron chi connectivity index (χ1n) is 5.83. The van der Waals surface area contributed by atoms with Gasteiger partial charge in [0.2, 0.25) is 0 Å². The Labute approximate surface area is 113 Å². The molecule has 2 fully saturated rings. The lowest BCUT2D eigenvalue weighted by Gasteiger charge is -2.39. The van der Waals surface area contributed by atoms with Gasteiger partial charge in [0, 0.05) is 18.1 Å². The summed E-state index contributed by atoms with van der Waals surface area (Å²) < 4.78 is 32.7. The molecule has 0 aliphatic carbocycles. The quantitative estimate of drug-likeness (QED) is 0.756. The summed E-state index contributed by atoms with van der Waals surface area (Å²) >= 11 is 5.56. The van der Waals surface area contributed by atoms with Crippen molar-refractivity contribution in [1.82, 2.24) is 0 Å². The van der Waals surface area contributed by atoms with Gasteiger partial charge in [0.1, 0.15) is 23.5 Å². The fraction of sp³-hybridized carbons (Fsp3) is 0.500. The Morgan fingerprint density at radius 2 is 1.68 bits per heavy atom. The van der Waals surface area contributed by atoms with Crippen molar-refractivity contribution < 1.29 is 23.7 Å². The summed E-state index contributed by atoms with van der Waals surface area (Å²) in [5.41, 5.74) is -1.26. The predicted octanol–water partition coefficient (Wildman–Crippen LogP) is 0.929. The summed E-state index contributed by atoms with van der Waals surface area (Å²) in [5.74, 6) is -1.64. The van der Waals surface area contributed by atoms with Crippen molar-refractivity contribution in [2.45, 2.75) is 17.8 Å². The van der Waals surface area contributed by atoms with E-state index in [9.17, 15) is 19.0 Å². The minimum Gasteiger partial charge on any atom is -0.388 e. The van der Waals surface area contributed by atoms with Crippen LogP contribution in [0.4, 0.5) is 14.5 Å². The van der Waals surface area contributed by atoms with E-state index in [1.165, 1.54) is 4.90 Å². The lowest BCUT2D eigenvalue weighted by atomic mass is 9.91. The lowest BCUT2D eigenvalue weighted by Crippen LogP contribution is -2.58. The molecule has 104 valence electrons. The van der Waals surface area contributed by atoms with E-state index in [-0.39, 0.29) is 30.4 Å². The van der Waals surface area contributed by atoms with E-state index in [1.54, 1.807) is 0 Å². The number of ether oxygens (including phenoxy) is 1. The molecule has 19 heavy (non-hydrogen) atoms. The minimum absolute atomic E-state index is 0.00741. The van der Waals surface area contributed by atoms with Gasteiger partial charge in [-0.05, 0) is 12.1 Å². The SMILES string of the molecule is O[C@@H]1CN(c2c(F)cc(Cl)cc2F)C[C@@H](O)C12CO2. The molecule has 3 rings (SSSR count). The Kier molecular flexibility index (Phi) is 2.94. The van der Waals surface area contributed by atoms with Crippen LogP contribution >= 0.6 is 11.6 Å². The van der Waals surface area contributed by atoms with Crippen LogP contribution in [0.3, 0.4) is 0 Å². The van der Waals surface area contributed by atoms with Crippen molar-refractivity contribution in [1.29, 1.82) is 0 Å². The van der Waals surface area contributed by atoms with Crippen LogP contribution in [-0.2, 0) is 4.74 Å². The van der Waals surface area contributed by atoms with Crippen molar-refractivity contribution >= 4 is 17.3 Å². The number of piperidine rings is 1. The summed E-state index contributed by atoms with van der Waals surface area (Å²) in [6.45, 7) is 0.244. The number of rotatable bonds is 1. The molecule has 2 atom stereocenters. The van der Waals surface area contributed by atoms with Crippen LogP contribution in [0.1, 0.15) is 0 Å². The van der Waals surface area contributed by atoms with Gasteiger partial charge in [0.25, 0.3) is 0 Å². The van der Waals surface area contributed by atoms with E-state index in [4.69, 9.17) is 16.3 Å². The van der Waals surface area contributed by atoms with Gasteiger partial charge in [0.15, 0.2) is 11.6 Å². The molecule has 0 saturated carbocycles. The van der Waals surface area contributed by atoms with Crippen LogP contribution in [-0.4, -0.2) is 47.7 Å². The molecule has 2 N–H and O–H groups in total. The van der Waals surface area contributed by atoms with Gasteiger partial charge in [-0.1, -0.05) is 11.6 Å². The molecular weight excluding hydrogens is 280 g/mol. The van der Waals surface area contributed by atoms with E-state index in [0.717, 1.165) is 12.1 Å². The number of hydrogen-bond acceptors (Lipinski definition) is 4. The maximum absolute atomic E-state index is 13.8. The Morgan fingerprint density at radius 1 is 1.21 bits per heavy atom. The Balaban J connectivity index is 1.91. The largest absolute Gasteiger partial charge is 0.388 e. The fourth-order valence-corrected chi connectivity index (χ4v) is 2.70. The van der Waals surface area contributed by atoms with E-state index in [0.29, 0.717) is 0 Å². The van der Waals surface area contributed by atoms with E-state index in [2.05, 4.69) is 0 Å². The minimum atomic E-state index is -0.995. The molecule has 2 heterocycles. The zero-order valence-corrected chi connectivity index (χ0v) is 10.6. The molecule has 7 heteroatoms. The van der Waals surface area contributed by atoms with Gasteiger partial charge >= 0.3 is 0 Å². The van der Waals surface area contributed by atoms with Gasteiger partial charge in [-0.15, -0.1) is 0 Å². The van der Waals surface area contributed by atoms with Crippen LogP contribution in [0.5, 0.6) is 0 Å². The number of aliphatic hydroxyl groups is 2. The third kappa shape index (κ3) is 1.99. The third-order valence-electron chi connectivity index (χ3n) is 3.69. The van der Waals surface area contributed by atoms with E-state index in [1.807, 2.05) is 0 Å². The highest BCUT2D eigenvalue weighted by atomic mass is 35.5. The van der Waals surface area contributed by atoms with Gasteiger partial charge in [-0.25, -0.2) is 8.78 Å². The number of hydrogen-bond donors (Lipinski definition) is 2. The standard InChI is InChI=1S/C12H12ClF2NO3/c13-6-1-7(14)11(8(15)2-6)16-3-9(17)12(5-19-12)10(18)4-16/h1-2,9-10,17-18H,3-5H2/t9-,10-/m1/s1. The smallest absolute Gasteiger partial charge is 0.151 e. The maximum Gasteiger partial charge on any atom is 0.151 e. The van der Waals surface area contributed by atoms with Crippen LogP contribution in [0.2, 0.25) is 5.02 Å². The summed E-state index contributed by atoms with van der Waals surface area (Å²) in [7, 11) is 0. The van der Waals surface area contributed by atoms with E-state index >= 15 is 0 Å². The highest BCUT2D eigenvalue weighted by Crippen LogP contribution is 2.40. The van der Waals surface area contributed by atoms with E-state index < -0.39 is 29.4 Å². The van der Waals surface area contributed by atoms with Gasteiger partial charge in [-0.2, -0.15) is 0 Å². The number of aliphatic hydroxyl groups excluding tert-OH is 2. The lowest BCUT2D eigenvalue weighted by molar-refractivity contribution is -0.0251. The van der Waals surface area contributed by atoms with Gasteiger partial charge < -0.3 is 19.8 Å². The molecule has 1 aromatic carbocycles. The first-order chi connectivity index (χ1) is 8.94. The molecule has 0 unspecified atom stereocenters. The highest BCUT2D eigenvalue weighted by Gasteiger charge is 2.60. The van der Waals surface area contributed by atoms with Crippen LogP contribution in [0, 0.1) is 11.6 Å². The van der Waals surface area contributed by atoms with Crippen molar-refractivity contribution in [2.24, 2.45) is 0 Å². The number of halogens is 3. The molecule has 0 bridgehead atoms. The number of nitrogens with zero attached hydrogens (tertiary/aromatic N) is 1. The number of epoxide rings is 1. The van der Waals surface area contributed by atoms with Crippen LogP contribution in [0.15, 0.2) is 12.1 Å². The van der Waals surface area contributed by atoms with Crippen LogP contribution in [0.25, 0.3) is 0 Å². The van der Waals surface area contributed by atoms with Gasteiger partial charge in [-0.3, -0.25) is 0 Å². The highest BCUT2D eigenvalue weighted by molar-refractivity contribution is 6.30.